The third-order valence-corrected chi connectivity index (χ3v) is 6.08. The summed E-state index contributed by atoms with van der Waals surface area (Å²) < 4.78 is 58.7. The Morgan fingerprint density at radius 2 is 1.84 bits per heavy atom. The van der Waals surface area contributed by atoms with Gasteiger partial charge < -0.3 is 4.74 Å². The second kappa shape index (κ2) is 8.89. The maximum Gasteiger partial charge on any atom is 0.416 e. The van der Waals surface area contributed by atoms with E-state index in [9.17, 15) is 22.4 Å². The number of rotatable bonds is 5. The number of hydrogen-bond acceptors (Lipinski definition) is 5. The Bertz CT molecular complexity index is 1060. The van der Waals surface area contributed by atoms with Crippen molar-refractivity contribution in [3.05, 3.63) is 59.4 Å². The predicted molar refractivity (Wildman–Crippen MR) is 110 cm³/mol. The van der Waals surface area contributed by atoms with Gasteiger partial charge in [-0.15, -0.1) is 0 Å². The summed E-state index contributed by atoms with van der Waals surface area (Å²) in [6.07, 6.45) is -4.48. The highest BCUT2D eigenvalue weighted by atomic mass is 32.1. The van der Waals surface area contributed by atoms with Gasteiger partial charge in [-0.3, -0.25) is 14.6 Å². The Morgan fingerprint density at radius 1 is 1.13 bits per heavy atom. The molecule has 1 fully saturated rings. The van der Waals surface area contributed by atoms with Crippen molar-refractivity contribution < 1.29 is 27.1 Å². The number of amides is 1. The minimum Gasteiger partial charge on any atom is -0.379 e. The van der Waals surface area contributed by atoms with Crippen molar-refractivity contribution in [3.8, 4) is 0 Å². The Balaban J connectivity index is 1.63. The van der Waals surface area contributed by atoms with Crippen molar-refractivity contribution in [2.75, 3.05) is 44.3 Å². The van der Waals surface area contributed by atoms with Crippen molar-refractivity contribution in [1.82, 2.24) is 9.88 Å². The molecule has 0 aliphatic carbocycles. The largest absolute Gasteiger partial charge is 0.416 e. The van der Waals surface area contributed by atoms with Crippen LogP contribution >= 0.6 is 11.3 Å². The van der Waals surface area contributed by atoms with Gasteiger partial charge in [-0.05, 0) is 36.4 Å². The molecule has 1 saturated heterocycles. The molecule has 31 heavy (non-hydrogen) atoms. The first-order chi connectivity index (χ1) is 14.8. The van der Waals surface area contributed by atoms with E-state index in [-0.39, 0.29) is 17.6 Å². The van der Waals surface area contributed by atoms with Crippen molar-refractivity contribution in [2.24, 2.45) is 0 Å². The molecular weight excluding hydrogens is 434 g/mol. The highest BCUT2D eigenvalue weighted by Crippen LogP contribution is 2.32. The zero-order valence-electron chi connectivity index (χ0n) is 16.4. The number of ether oxygens (including phenoxy) is 1. The summed E-state index contributed by atoms with van der Waals surface area (Å²) in [6, 6.07) is 8.64. The summed E-state index contributed by atoms with van der Waals surface area (Å²) in [4.78, 5) is 21.1. The predicted octanol–water partition coefficient (Wildman–Crippen LogP) is 4.43. The number of alkyl halides is 3. The van der Waals surface area contributed by atoms with Crippen molar-refractivity contribution in [3.63, 3.8) is 0 Å². The average Bonchev–Trinajstić information content (AvgIpc) is 3.19. The van der Waals surface area contributed by atoms with Crippen LogP contribution in [0.3, 0.4) is 0 Å². The molecule has 3 aromatic rings. The topological polar surface area (TPSA) is 45.7 Å². The van der Waals surface area contributed by atoms with E-state index in [4.69, 9.17) is 4.74 Å². The van der Waals surface area contributed by atoms with E-state index in [0.717, 1.165) is 37.4 Å². The first-order valence-electron chi connectivity index (χ1n) is 9.67. The molecule has 1 aliphatic rings. The fourth-order valence-corrected chi connectivity index (χ4v) is 4.33. The van der Waals surface area contributed by atoms with Crippen molar-refractivity contribution >= 4 is 32.6 Å². The van der Waals surface area contributed by atoms with Crippen LogP contribution in [-0.2, 0) is 10.9 Å². The monoisotopic (exact) mass is 453 g/mol. The fraction of sp³-hybridized carbons (Fsp3) is 0.333. The van der Waals surface area contributed by atoms with Crippen LogP contribution < -0.4 is 4.90 Å². The molecule has 0 saturated carbocycles. The molecule has 164 valence electrons. The van der Waals surface area contributed by atoms with Crippen LogP contribution in [-0.4, -0.2) is 55.2 Å². The quantitative estimate of drug-likeness (QED) is 0.536. The molecule has 0 radical (unpaired) electrons. The smallest absolute Gasteiger partial charge is 0.379 e. The van der Waals surface area contributed by atoms with E-state index in [2.05, 4.69) is 9.88 Å². The van der Waals surface area contributed by atoms with E-state index in [1.54, 1.807) is 12.1 Å². The molecular formula is C21H19F4N3O2S. The molecule has 0 N–H and O–H groups in total. The maximum absolute atomic E-state index is 14.1. The highest BCUT2D eigenvalue weighted by molar-refractivity contribution is 7.22. The number of para-hydroxylation sites is 1. The number of fused-ring (bicyclic) bond motifs is 1. The summed E-state index contributed by atoms with van der Waals surface area (Å²) in [7, 11) is 0. The SMILES string of the molecule is O=C(c1ccc(C(F)(F)F)cc1)N(CCN1CCOCC1)c1nc2c(F)cccc2s1. The van der Waals surface area contributed by atoms with Crippen LogP contribution in [0.5, 0.6) is 0 Å². The normalized spacial score (nSPS) is 15.4. The van der Waals surface area contributed by atoms with Gasteiger partial charge in [0.15, 0.2) is 5.13 Å². The highest BCUT2D eigenvalue weighted by Gasteiger charge is 2.31. The van der Waals surface area contributed by atoms with Gasteiger partial charge >= 0.3 is 6.18 Å². The fourth-order valence-electron chi connectivity index (χ4n) is 3.33. The number of halogens is 4. The first kappa shape index (κ1) is 21.7. The Morgan fingerprint density at radius 3 is 2.48 bits per heavy atom. The summed E-state index contributed by atoms with van der Waals surface area (Å²) in [5.41, 5.74) is -0.556. The van der Waals surface area contributed by atoms with E-state index < -0.39 is 23.5 Å². The molecule has 4 rings (SSSR count). The number of anilines is 1. The van der Waals surface area contributed by atoms with Crippen LogP contribution in [0.2, 0.25) is 0 Å². The zero-order chi connectivity index (χ0) is 22.0. The molecule has 1 aromatic heterocycles. The first-order valence-corrected chi connectivity index (χ1v) is 10.5. The molecule has 0 spiro atoms. The van der Waals surface area contributed by atoms with Crippen LogP contribution in [0.15, 0.2) is 42.5 Å². The molecule has 2 aromatic carbocycles. The zero-order valence-corrected chi connectivity index (χ0v) is 17.2. The third kappa shape index (κ3) is 4.86. The van der Waals surface area contributed by atoms with E-state index in [1.807, 2.05) is 0 Å². The van der Waals surface area contributed by atoms with Crippen LogP contribution in [0.1, 0.15) is 15.9 Å². The van der Waals surface area contributed by atoms with Crippen molar-refractivity contribution in [1.29, 1.82) is 0 Å². The third-order valence-electron chi connectivity index (χ3n) is 5.04. The van der Waals surface area contributed by atoms with E-state index in [0.29, 0.717) is 29.6 Å². The molecule has 0 unspecified atom stereocenters. The van der Waals surface area contributed by atoms with Gasteiger partial charge in [0.05, 0.1) is 23.5 Å². The number of carbonyl (C=O) groups is 1. The lowest BCUT2D eigenvalue weighted by Crippen LogP contribution is -2.43. The lowest BCUT2D eigenvalue weighted by molar-refractivity contribution is -0.137. The van der Waals surface area contributed by atoms with E-state index in [1.165, 1.54) is 22.3 Å². The van der Waals surface area contributed by atoms with E-state index >= 15 is 0 Å². The van der Waals surface area contributed by atoms with Gasteiger partial charge in [-0.25, -0.2) is 9.37 Å². The van der Waals surface area contributed by atoms with Crippen LogP contribution in [0, 0.1) is 5.82 Å². The molecule has 10 heteroatoms. The Hall–Kier alpha value is -2.56. The molecule has 1 aliphatic heterocycles. The molecule has 1 amide bonds. The minimum atomic E-state index is -4.48. The van der Waals surface area contributed by atoms with Crippen LogP contribution in [0.25, 0.3) is 10.2 Å². The summed E-state index contributed by atoms with van der Waals surface area (Å²) >= 11 is 1.17. The number of hydrogen-bond donors (Lipinski definition) is 0. The molecule has 0 bridgehead atoms. The summed E-state index contributed by atoms with van der Waals surface area (Å²) in [5, 5.41) is 0.304. The Kier molecular flexibility index (Phi) is 6.22. The number of aromatic nitrogens is 1. The second-order valence-corrected chi connectivity index (χ2v) is 8.08. The number of nitrogens with zero attached hydrogens (tertiary/aromatic N) is 3. The summed E-state index contributed by atoms with van der Waals surface area (Å²) in [6.45, 7) is 3.43. The van der Waals surface area contributed by atoms with Gasteiger partial charge in [0.2, 0.25) is 0 Å². The standard InChI is InChI=1S/C21H19F4N3O2S/c22-16-2-1-3-17-18(16)26-20(31-17)28(9-8-27-10-12-30-13-11-27)19(29)14-4-6-15(7-5-14)21(23,24)25/h1-7H,8-13H2. The molecule has 0 atom stereocenters. The lowest BCUT2D eigenvalue weighted by Gasteiger charge is -2.29. The lowest BCUT2D eigenvalue weighted by atomic mass is 10.1. The number of benzene rings is 2. The van der Waals surface area contributed by atoms with Gasteiger partial charge in [0.25, 0.3) is 5.91 Å². The van der Waals surface area contributed by atoms with Gasteiger partial charge in [-0.2, -0.15) is 13.2 Å². The number of carbonyl (C=O) groups excluding carboxylic acids is 1. The van der Waals surface area contributed by atoms with Gasteiger partial charge in [0.1, 0.15) is 11.3 Å². The number of thiazole rings is 1. The van der Waals surface area contributed by atoms with Gasteiger partial charge in [-0.1, -0.05) is 17.4 Å². The molecule has 5 nitrogen and oxygen atoms in total. The van der Waals surface area contributed by atoms with Gasteiger partial charge in [0, 0.05) is 31.7 Å². The Labute approximate surface area is 179 Å². The number of morpholine rings is 1. The average molecular weight is 453 g/mol. The minimum absolute atomic E-state index is 0.106. The second-order valence-electron chi connectivity index (χ2n) is 7.07. The van der Waals surface area contributed by atoms with Crippen LogP contribution in [0.4, 0.5) is 22.7 Å². The molecule has 2 heterocycles. The summed E-state index contributed by atoms with van der Waals surface area (Å²) in [5.74, 6) is -0.975. The van der Waals surface area contributed by atoms with Crippen molar-refractivity contribution in [2.45, 2.75) is 6.18 Å². The maximum atomic E-state index is 14.1.